The molecule has 0 heterocycles. The van der Waals surface area contributed by atoms with Crippen LogP contribution in [0, 0.1) is 5.92 Å². The molecule has 2 fully saturated rings. The van der Waals surface area contributed by atoms with Crippen molar-refractivity contribution in [2.24, 2.45) is 5.92 Å². The van der Waals surface area contributed by atoms with E-state index in [2.05, 4.69) is 20.8 Å². The molecule has 2 aliphatic rings. The van der Waals surface area contributed by atoms with E-state index in [0.717, 1.165) is 35.5 Å². The van der Waals surface area contributed by atoms with Gasteiger partial charge in [-0.2, -0.15) is 0 Å². The van der Waals surface area contributed by atoms with Gasteiger partial charge < -0.3 is 9.64 Å². The maximum absolute atomic E-state index is 12.7. The van der Waals surface area contributed by atoms with Crippen molar-refractivity contribution in [3.63, 3.8) is 0 Å². The van der Waals surface area contributed by atoms with Crippen LogP contribution in [0.3, 0.4) is 0 Å². The van der Waals surface area contributed by atoms with Gasteiger partial charge >= 0.3 is 0 Å². The summed E-state index contributed by atoms with van der Waals surface area (Å²) >= 11 is 3.48. The van der Waals surface area contributed by atoms with Gasteiger partial charge in [0.05, 0.1) is 12.7 Å². The Kier molecular flexibility index (Phi) is 3.52. The number of ether oxygens (including phenoxy) is 1. The first-order chi connectivity index (χ1) is 9.19. The second-order valence-electron chi connectivity index (χ2n) is 5.48. The summed E-state index contributed by atoms with van der Waals surface area (Å²) in [4.78, 5) is 14.8. The summed E-state index contributed by atoms with van der Waals surface area (Å²) in [6.07, 6.45) is 4.85. The predicted octanol–water partition coefficient (Wildman–Crippen LogP) is 3.47. The summed E-state index contributed by atoms with van der Waals surface area (Å²) in [5.74, 6) is 1.60. The van der Waals surface area contributed by atoms with Gasteiger partial charge in [-0.3, -0.25) is 4.79 Å². The standard InChI is InChI=1S/C15H18BrNO2/c1-19-12-6-7-14(16)13(8-12)15(18)17(11-4-5-11)9-10-2-3-10/h6-8,10-11H,2-5,9H2,1H3. The molecule has 0 atom stereocenters. The molecule has 102 valence electrons. The van der Waals surface area contributed by atoms with E-state index < -0.39 is 0 Å². The van der Waals surface area contributed by atoms with Crippen molar-refractivity contribution in [2.45, 2.75) is 31.7 Å². The monoisotopic (exact) mass is 323 g/mol. The summed E-state index contributed by atoms with van der Waals surface area (Å²) < 4.78 is 6.06. The van der Waals surface area contributed by atoms with E-state index in [1.807, 2.05) is 18.2 Å². The Hall–Kier alpha value is -1.03. The van der Waals surface area contributed by atoms with Gasteiger partial charge in [0.2, 0.25) is 0 Å². The van der Waals surface area contributed by atoms with E-state index in [9.17, 15) is 4.79 Å². The van der Waals surface area contributed by atoms with Crippen LogP contribution in [0.5, 0.6) is 5.75 Å². The van der Waals surface area contributed by atoms with Crippen molar-refractivity contribution < 1.29 is 9.53 Å². The maximum Gasteiger partial charge on any atom is 0.255 e. The van der Waals surface area contributed by atoms with Crippen molar-refractivity contribution in [1.82, 2.24) is 4.90 Å². The molecular formula is C15H18BrNO2. The molecule has 0 aliphatic heterocycles. The van der Waals surface area contributed by atoms with E-state index >= 15 is 0 Å². The van der Waals surface area contributed by atoms with E-state index in [1.165, 1.54) is 12.8 Å². The van der Waals surface area contributed by atoms with Crippen LogP contribution in [0.15, 0.2) is 22.7 Å². The van der Waals surface area contributed by atoms with Crippen LogP contribution in [0.1, 0.15) is 36.0 Å². The fourth-order valence-electron chi connectivity index (χ4n) is 2.31. The molecule has 0 bridgehead atoms. The zero-order valence-corrected chi connectivity index (χ0v) is 12.6. The Morgan fingerprint density at radius 2 is 2.11 bits per heavy atom. The molecule has 2 aliphatic carbocycles. The van der Waals surface area contributed by atoms with Gasteiger partial charge in [-0.15, -0.1) is 0 Å². The van der Waals surface area contributed by atoms with Crippen molar-refractivity contribution in [1.29, 1.82) is 0 Å². The highest BCUT2D eigenvalue weighted by Gasteiger charge is 2.37. The minimum Gasteiger partial charge on any atom is -0.497 e. The number of halogens is 1. The molecule has 19 heavy (non-hydrogen) atoms. The summed E-state index contributed by atoms with van der Waals surface area (Å²) in [6, 6.07) is 6.04. The third-order valence-electron chi connectivity index (χ3n) is 3.80. The lowest BCUT2D eigenvalue weighted by Gasteiger charge is -2.23. The number of carbonyl (C=O) groups is 1. The number of methoxy groups -OCH3 is 1. The van der Waals surface area contributed by atoms with Crippen molar-refractivity contribution in [3.05, 3.63) is 28.2 Å². The van der Waals surface area contributed by atoms with Crippen LogP contribution < -0.4 is 4.74 Å². The van der Waals surface area contributed by atoms with Crippen molar-refractivity contribution in [3.8, 4) is 5.75 Å². The fraction of sp³-hybridized carbons (Fsp3) is 0.533. The normalized spacial score (nSPS) is 18.2. The van der Waals surface area contributed by atoms with E-state index in [0.29, 0.717) is 11.6 Å². The molecule has 0 spiro atoms. The maximum atomic E-state index is 12.7. The number of rotatable bonds is 5. The molecule has 0 N–H and O–H groups in total. The highest BCUT2D eigenvalue weighted by molar-refractivity contribution is 9.10. The Morgan fingerprint density at radius 3 is 2.68 bits per heavy atom. The van der Waals surface area contributed by atoms with Crippen LogP contribution in [0.25, 0.3) is 0 Å². The second kappa shape index (κ2) is 5.16. The van der Waals surface area contributed by atoms with Crippen LogP contribution in [-0.4, -0.2) is 30.5 Å². The van der Waals surface area contributed by atoms with Gasteiger partial charge in [0.25, 0.3) is 5.91 Å². The SMILES string of the molecule is COc1ccc(Br)c(C(=O)N(CC2CC2)C2CC2)c1. The Labute approximate surface area is 122 Å². The van der Waals surface area contributed by atoms with Crippen LogP contribution in [0.4, 0.5) is 0 Å². The minimum absolute atomic E-state index is 0.139. The highest BCUT2D eigenvalue weighted by atomic mass is 79.9. The molecule has 0 radical (unpaired) electrons. The van der Waals surface area contributed by atoms with Crippen LogP contribution >= 0.6 is 15.9 Å². The first kappa shape index (κ1) is 13.0. The number of benzene rings is 1. The minimum atomic E-state index is 0.139. The lowest BCUT2D eigenvalue weighted by atomic mass is 10.1. The van der Waals surface area contributed by atoms with E-state index in [4.69, 9.17) is 4.74 Å². The summed E-state index contributed by atoms with van der Waals surface area (Å²) in [5.41, 5.74) is 0.715. The zero-order chi connectivity index (χ0) is 13.4. The average Bonchev–Trinajstić information content (AvgIpc) is 3.28. The number of hydrogen-bond acceptors (Lipinski definition) is 2. The van der Waals surface area contributed by atoms with Crippen molar-refractivity contribution >= 4 is 21.8 Å². The predicted molar refractivity (Wildman–Crippen MR) is 77.5 cm³/mol. The van der Waals surface area contributed by atoms with Crippen LogP contribution in [0.2, 0.25) is 0 Å². The molecule has 3 nitrogen and oxygen atoms in total. The number of hydrogen-bond donors (Lipinski definition) is 0. The van der Waals surface area contributed by atoms with E-state index in [-0.39, 0.29) is 5.91 Å². The quantitative estimate of drug-likeness (QED) is 0.830. The van der Waals surface area contributed by atoms with Crippen molar-refractivity contribution in [2.75, 3.05) is 13.7 Å². The zero-order valence-electron chi connectivity index (χ0n) is 11.1. The molecule has 4 heteroatoms. The van der Waals surface area contributed by atoms with Gasteiger partial charge in [0.15, 0.2) is 0 Å². The highest BCUT2D eigenvalue weighted by Crippen LogP contribution is 2.36. The number of carbonyl (C=O) groups excluding carboxylic acids is 1. The fourth-order valence-corrected chi connectivity index (χ4v) is 2.73. The molecule has 1 amide bonds. The summed E-state index contributed by atoms with van der Waals surface area (Å²) in [6.45, 7) is 0.924. The lowest BCUT2D eigenvalue weighted by molar-refractivity contribution is 0.0733. The molecule has 0 saturated heterocycles. The van der Waals surface area contributed by atoms with Gasteiger partial charge in [-0.1, -0.05) is 0 Å². The molecule has 0 aromatic heterocycles. The number of amides is 1. The lowest BCUT2D eigenvalue weighted by Crippen LogP contribution is -2.35. The van der Waals surface area contributed by atoms with E-state index in [1.54, 1.807) is 7.11 Å². The Bertz CT molecular complexity index is 495. The summed E-state index contributed by atoms with van der Waals surface area (Å²) in [5, 5.41) is 0. The average molecular weight is 324 g/mol. The Morgan fingerprint density at radius 1 is 1.37 bits per heavy atom. The molecule has 3 rings (SSSR count). The van der Waals surface area contributed by atoms with Gasteiger partial charge in [-0.05, 0) is 65.7 Å². The van der Waals surface area contributed by atoms with Gasteiger partial charge in [0, 0.05) is 17.1 Å². The molecular weight excluding hydrogens is 306 g/mol. The van der Waals surface area contributed by atoms with Crippen LogP contribution in [-0.2, 0) is 0 Å². The first-order valence-electron chi connectivity index (χ1n) is 6.83. The number of nitrogens with zero attached hydrogens (tertiary/aromatic N) is 1. The molecule has 0 unspecified atom stereocenters. The third-order valence-corrected chi connectivity index (χ3v) is 4.50. The van der Waals surface area contributed by atoms with Gasteiger partial charge in [-0.25, -0.2) is 0 Å². The Balaban J connectivity index is 1.83. The van der Waals surface area contributed by atoms with Gasteiger partial charge in [0.1, 0.15) is 5.75 Å². The molecule has 1 aromatic rings. The smallest absolute Gasteiger partial charge is 0.255 e. The molecule has 1 aromatic carbocycles. The third kappa shape index (κ3) is 2.94. The summed E-state index contributed by atoms with van der Waals surface area (Å²) in [7, 11) is 1.63. The largest absolute Gasteiger partial charge is 0.497 e. The first-order valence-corrected chi connectivity index (χ1v) is 7.63. The topological polar surface area (TPSA) is 29.5 Å². The second-order valence-corrected chi connectivity index (χ2v) is 6.33. The molecule has 2 saturated carbocycles.